The summed E-state index contributed by atoms with van der Waals surface area (Å²) in [6.07, 6.45) is 1.70. The van der Waals surface area contributed by atoms with E-state index in [0.29, 0.717) is 38.3 Å². The molecule has 1 heterocycles. The van der Waals surface area contributed by atoms with Crippen LogP contribution in [0.3, 0.4) is 0 Å². The predicted molar refractivity (Wildman–Crippen MR) is 103 cm³/mol. The second kappa shape index (κ2) is 7.61. The lowest BCUT2D eigenvalue weighted by molar-refractivity contribution is -0.114. The van der Waals surface area contributed by atoms with Crippen molar-refractivity contribution in [1.29, 1.82) is 5.26 Å². The van der Waals surface area contributed by atoms with Gasteiger partial charge in [-0.2, -0.15) is 15.4 Å². The van der Waals surface area contributed by atoms with Crippen molar-refractivity contribution >= 4 is 46.6 Å². The van der Waals surface area contributed by atoms with Gasteiger partial charge in [-0.3, -0.25) is 4.79 Å². The molecule has 26 heavy (non-hydrogen) atoms. The summed E-state index contributed by atoms with van der Waals surface area (Å²) in [6, 6.07) is 14.0. The summed E-state index contributed by atoms with van der Waals surface area (Å²) in [7, 11) is 0. The maximum atomic E-state index is 12.8. The van der Waals surface area contributed by atoms with E-state index >= 15 is 0 Å². The fraction of sp³-hybridized carbons (Fsp3) is 0.105. The molecule has 0 bridgehead atoms. The average molecular weight is 386 g/mol. The van der Waals surface area contributed by atoms with Crippen molar-refractivity contribution in [3.05, 3.63) is 63.6 Å². The standard InChI is InChI=1S/C19H13Cl2N3O2/c1-12-15(10-13-4-2-3-5-18(13)26-9-8-22)19(25)24(23-12)14-6-7-16(20)17(21)11-14/h2-7,10-11H,9H2,1H3/b15-10-. The van der Waals surface area contributed by atoms with Crippen molar-refractivity contribution in [2.45, 2.75) is 6.92 Å². The monoisotopic (exact) mass is 385 g/mol. The Morgan fingerprint density at radius 1 is 1.23 bits per heavy atom. The largest absolute Gasteiger partial charge is 0.478 e. The van der Waals surface area contributed by atoms with Gasteiger partial charge in [0.15, 0.2) is 6.61 Å². The lowest BCUT2D eigenvalue weighted by atomic mass is 10.1. The summed E-state index contributed by atoms with van der Waals surface area (Å²) in [5, 5.41) is 15.0. The van der Waals surface area contributed by atoms with Crippen LogP contribution in [-0.2, 0) is 4.79 Å². The van der Waals surface area contributed by atoms with Crippen molar-refractivity contribution in [2.24, 2.45) is 5.10 Å². The molecule has 0 spiro atoms. The Kier molecular flexibility index (Phi) is 5.27. The average Bonchev–Trinajstić information content (AvgIpc) is 2.91. The van der Waals surface area contributed by atoms with Gasteiger partial charge in [0.25, 0.3) is 5.91 Å². The number of anilines is 1. The molecule has 0 aromatic heterocycles. The van der Waals surface area contributed by atoms with Crippen LogP contribution >= 0.6 is 23.2 Å². The van der Waals surface area contributed by atoms with E-state index in [4.69, 9.17) is 33.2 Å². The second-order valence-electron chi connectivity index (χ2n) is 5.44. The van der Waals surface area contributed by atoms with Crippen molar-refractivity contribution in [1.82, 2.24) is 0 Å². The summed E-state index contributed by atoms with van der Waals surface area (Å²) in [5.74, 6) is 0.242. The van der Waals surface area contributed by atoms with Crippen molar-refractivity contribution in [3.63, 3.8) is 0 Å². The number of hydrazone groups is 1. The maximum absolute atomic E-state index is 12.8. The lowest BCUT2D eigenvalue weighted by Gasteiger charge is -2.12. The molecule has 0 saturated carbocycles. The molecule has 0 saturated heterocycles. The molecule has 2 aromatic carbocycles. The van der Waals surface area contributed by atoms with Crippen molar-refractivity contribution < 1.29 is 9.53 Å². The van der Waals surface area contributed by atoms with Gasteiger partial charge < -0.3 is 4.74 Å². The first-order valence-electron chi connectivity index (χ1n) is 7.67. The highest BCUT2D eigenvalue weighted by molar-refractivity contribution is 6.42. The van der Waals surface area contributed by atoms with Gasteiger partial charge in [0, 0.05) is 5.56 Å². The van der Waals surface area contributed by atoms with Gasteiger partial charge >= 0.3 is 0 Å². The Hall–Kier alpha value is -2.81. The minimum absolute atomic E-state index is 0.0728. The summed E-state index contributed by atoms with van der Waals surface area (Å²) in [6.45, 7) is 1.68. The molecule has 0 aliphatic carbocycles. The number of hydrogen-bond donors (Lipinski definition) is 0. The van der Waals surface area contributed by atoms with Crippen molar-refractivity contribution in [3.8, 4) is 11.8 Å². The molecule has 130 valence electrons. The first-order chi connectivity index (χ1) is 12.5. The minimum atomic E-state index is -0.282. The van der Waals surface area contributed by atoms with Gasteiger partial charge in [-0.25, -0.2) is 0 Å². The van der Waals surface area contributed by atoms with Crippen LogP contribution < -0.4 is 9.75 Å². The summed E-state index contributed by atoms with van der Waals surface area (Å²) >= 11 is 12.0. The Balaban J connectivity index is 1.95. The number of amides is 1. The fourth-order valence-corrected chi connectivity index (χ4v) is 2.77. The fourth-order valence-electron chi connectivity index (χ4n) is 2.47. The van der Waals surface area contributed by atoms with Gasteiger partial charge in [-0.1, -0.05) is 41.4 Å². The summed E-state index contributed by atoms with van der Waals surface area (Å²) in [4.78, 5) is 12.8. The topological polar surface area (TPSA) is 65.7 Å². The molecule has 3 rings (SSSR count). The van der Waals surface area contributed by atoms with E-state index in [0.717, 1.165) is 0 Å². The van der Waals surface area contributed by atoms with Crippen LogP contribution in [0.25, 0.3) is 6.08 Å². The lowest BCUT2D eigenvalue weighted by Crippen LogP contribution is -2.21. The number of ether oxygens (including phenoxy) is 1. The first-order valence-corrected chi connectivity index (χ1v) is 8.42. The molecule has 1 amide bonds. The molecule has 7 heteroatoms. The van der Waals surface area contributed by atoms with Gasteiger partial charge in [0.2, 0.25) is 0 Å². The number of hydrogen-bond acceptors (Lipinski definition) is 4. The summed E-state index contributed by atoms with van der Waals surface area (Å²) in [5.41, 5.74) is 2.22. The SMILES string of the molecule is CC1=NN(c2ccc(Cl)c(Cl)c2)C(=O)/C1=C\c1ccccc1OCC#N. The highest BCUT2D eigenvalue weighted by Crippen LogP contribution is 2.31. The molecule has 0 unspecified atom stereocenters. The van der Waals surface area contributed by atoms with E-state index in [9.17, 15) is 4.79 Å². The molecule has 0 radical (unpaired) electrons. The van der Waals surface area contributed by atoms with E-state index in [1.165, 1.54) is 5.01 Å². The van der Waals surface area contributed by atoms with Crippen molar-refractivity contribution in [2.75, 3.05) is 11.6 Å². The maximum Gasteiger partial charge on any atom is 0.280 e. The zero-order valence-electron chi connectivity index (χ0n) is 13.7. The highest BCUT2D eigenvalue weighted by Gasteiger charge is 2.29. The van der Waals surface area contributed by atoms with Crippen LogP contribution in [0.5, 0.6) is 5.75 Å². The number of nitrogens with zero attached hydrogens (tertiary/aromatic N) is 3. The number of benzene rings is 2. The molecule has 0 fully saturated rings. The molecular formula is C19H13Cl2N3O2. The van der Waals surface area contributed by atoms with E-state index < -0.39 is 0 Å². The van der Waals surface area contributed by atoms with Gasteiger partial charge in [-0.15, -0.1) is 0 Å². The molecule has 1 aliphatic heterocycles. The third-order valence-corrected chi connectivity index (χ3v) is 4.46. The molecule has 1 aliphatic rings. The molecule has 5 nitrogen and oxygen atoms in total. The zero-order valence-corrected chi connectivity index (χ0v) is 15.3. The smallest absolute Gasteiger partial charge is 0.280 e. The highest BCUT2D eigenvalue weighted by atomic mass is 35.5. The molecule has 0 N–H and O–H groups in total. The van der Waals surface area contributed by atoms with E-state index in [1.54, 1.807) is 43.3 Å². The van der Waals surface area contributed by atoms with Crippen LogP contribution in [0.15, 0.2) is 53.1 Å². The van der Waals surface area contributed by atoms with Gasteiger partial charge in [-0.05, 0) is 37.3 Å². The predicted octanol–water partition coefficient (Wildman–Crippen LogP) is 4.70. The van der Waals surface area contributed by atoms with Crippen LogP contribution in [0.2, 0.25) is 10.0 Å². The molecular weight excluding hydrogens is 373 g/mol. The van der Waals surface area contributed by atoms with Crippen LogP contribution in [0.4, 0.5) is 5.69 Å². The van der Waals surface area contributed by atoms with E-state index in [-0.39, 0.29) is 12.5 Å². The molecule has 0 atom stereocenters. The third kappa shape index (κ3) is 3.57. The zero-order chi connectivity index (χ0) is 18.7. The van der Waals surface area contributed by atoms with Crippen LogP contribution in [0, 0.1) is 11.3 Å². The van der Waals surface area contributed by atoms with Crippen LogP contribution in [0.1, 0.15) is 12.5 Å². The van der Waals surface area contributed by atoms with Gasteiger partial charge in [0.05, 0.1) is 27.0 Å². The Morgan fingerprint density at radius 3 is 2.73 bits per heavy atom. The number of carbonyl (C=O) groups excluding carboxylic acids is 1. The van der Waals surface area contributed by atoms with E-state index in [2.05, 4.69) is 5.10 Å². The molecule has 2 aromatic rings. The van der Waals surface area contributed by atoms with Crippen LogP contribution in [-0.4, -0.2) is 18.2 Å². The Labute approximate surface area is 160 Å². The Morgan fingerprint density at radius 2 is 2.00 bits per heavy atom. The van der Waals surface area contributed by atoms with Gasteiger partial charge in [0.1, 0.15) is 11.8 Å². The number of para-hydroxylation sites is 1. The van der Waals surface area contributed by atoms with E-state index in [1.807, 2.05) is 18.2 Å². The summed E-state index contributed by atoms with van der Waals surface area (Å²) < 4.78 is 5.40. The minimum Gasteiger partial charge on any atom is -0.478 e. The number of nitriles is 1. The first kappa shape index (κ1) is 18.0. The number of carbonyl (C=O) groups is 1. The quantitative estimate of drug-likeness (QED) is 0.716. The normalized spacial score (nSPS) is 15.2. The number of rotatable bonds is 4. The second-order valence-corrected chi connectivity index (χ2v) is 6.26. The Bertz CT molecular complexity index is 977. The third-order valence-electron chi connectivity index (χ3n) is 3.72. The number of halogens is 2.